The van der Waals surface area contributed by atoms with Crippen molar-refractivity contribution in [1.29, 1.82) is 0 Å². The fourth-order valence-electron chi connectivity index (χ4n) is 2.60. The molecule has 1 amide bonds. The van der Waals surface area contributed by atoms with Crippen LogP contribution in [0.5, 0.6) is 5.75 Å². The summed E-state index contributed by atoms with van der Waals surface area (Å²) in [5, 5.41) is 10.2. The Hall–Kier alpha value is -1.51. The lowest BCUT2D eigenvalue weighted by Crippen LogP contribution is -2.49. The summed E-state index contributed by atoms with van der Waals surface area (Å²) in [5.41, 5.74) is 0.168. The smallest absolute Gasteiger partial charge is 0.411 e. The van der Waals surface area contributed by atoms with Crippen molar-refractivity contribution < 1.29 is 27.8 Å². The van der Waals surface area contributed by atoms with Crippen molar-refractivity contribution >= 4 is 17.5 Å². The third-order valence-electron chi connectivity index (χ3n) is 3.88. The van der Waals surface area contributed by atoms with Gasteiger partial charge in [-0.05, 0) is 24.6 Å². The summed E-state index contributed by atoms with van der Waals surface area (Å²) in [4.78, 5) is 16.1. The van der Waals surface area contributed by atoms with Crippen LogP contribution in [-0.4, -0.2) is 72.9 Å². The summed E-state index contributed by atoms with van der Waals surface area (Å²) < 4.78 is 40.4. The summed E-state index contributed by atoms with van der Waals surface area (Å²) in [6.07, 6.45) is -3.79. The normalized spacial score (nSPS) is 16.2. The Morgan fingerprint density at radius 1 is 1.24 bits per heavy atom. The number of amides is 1. The lowest BCUT2D eigenvalue weighted by molar-refractivity contribution is -0.174. The Labute approximate surface area is 148 Å². The SMILES string of the molecule is O=C(c1cc(Cl)ccc1O)N1CCN(CCCOCC(F)(F)F)CC1. The van der Waals surface area contributed by atoms with Gasteiger partial charge in [0.15, 0.2) is 0 Å². The second-order valence-corrected chi connectivity index (χ2v) is 6.25. The van der Waals surface area contributed by atoms with Crippen LogP contribution in [0.1, 0.15) is 16.8 Å². The molecule has 1 aromatic carbocycles. The van der Waals surface area contributed by atoms with E-state index in [1.807, 2.05) is 0 Å². The van der Waals surface area contributed by atoms with Crippen molar-refractivity contribution in [3.63, 3.8) is 0 Å². The number of piperazine rings is 1. The average molecular weight is 381 g/mol. The van der Waals surface area contributed by atoms with Gasteiger partial charge >= 0.3 is 6.18 Å². The largest absolute Gasteiger partial charge is 0.507 e. The van der Waals surface area contributed by atoms with Crippen molar-refractivity contribution in [2.75, 3.05) is 45.9 Å². The van der Waals surface area contributed by atoms with Crippen molar-refractivity contribution in [1.82, 2.24) is 9.80 Å². The monoisotopic (exact) mass is 380 g/mol. The van der Waals surface area contributed by atoms with Crippen LogP contribution in [0.25, 0.3) is 0 Å². The number of carbonyl (C=O) groups excluding carboxylic acids is 1. The quantitative estimate of drug-likeness (QED) is 0.771. The van der Waals surface area contributed by atoms with Crippen LogP contribution in [0.4, 0.5) is 13.2 Å². The fourth-order valence-corrected chi connectivity index (χ4v) is 2.77. The van der Waals surface area contributed by atoms with E-state index in [1.165, 1.54) is 18.2 Å². The highest BCUT2D eigenvalue weighted by atomic mass is 35.5. The van der Waals surface area contributed by atoms with E-state index in [4.69, 9.17) is 11.6 Å². The Kier molecular flexibility index (Phi) is 6.92. The minimum absolute atomic E-state index is 0.0506. The summed E-state index contributed by atoms with van der Waals surface area (Å²) in [6, 6.07) is 4.32. The van der Waals surface area contributed by atoms with Gasteiger partial charge in [-0.3, -0.25) is 9.69 Å². The molecular weight excluding hydrogens is 361 g/mol. The Bertz CT molecular complexity index is 590. The zero-order valence-corrected chi connectivity index (χ0v) is 14.3. The molecule has 1 aliphatic rings. The zero-order valence-electron chi connectivity index (χ0n) is 13.6. The molecule has 2 rings (SSSR count). The van der Waals surface area contributed by atoms with Crippen LogP contribution < -0.4 is 0 Å². The number of halogens is 4. The van der Waals surface area contributed by atoms with E-state index in [0.717, 1.165) is 0 Å². The maximum absolute atomic E-state index is 12.4. The number of nitrogens with zero attached hydrogens (tertiary/aromatic N) is 2. The molecule has 1 heterocycles. The molecule has 1 fully saturated rings. The number of carbonyl (C=O) groups is 1. The molecule has 0 aromatic heterocycles. The molecule has 0 unspecified atom stereocenters. The molecule has 0 atom stereocenters. The molecule has 1 aromatic rings. The van der Waals surface area contributed by atoms with Gasteiger partial charge < -0.3 is 14.7 Å². The lowest BCUT2D eigenvalue weighted by Gasteiger charge is -2.34. The zero-order chi connectivity index (χ0) is 18.4. The molecule has 1 aliphatic heterocycles. The van der Waals surface area contributed by atoms with Crippen LogP contribution in [0.15, 0.2) is 18.2 Å². The maximum Gasteiger partial charge on any atom is 0.411 e. The molecule has 140 valence electrons. The van der Waals surface area contributed by atoms with E-state index < -0.39 is 12.8 Å². The second-order valence-electron chi connectivity index (χ2n) is 5.82. The second kappa shape index (κ2) is 8.73. The van der Waals surface area contributed by atoms with Gasteiger partial charge in [0.25, 0.3) is 5.91 Å². The molecule has 0 bridgehead atoms. The van der Waals surface area contributed by atoms with Gasteiger partial charge in [0.1, 0.15) is 12.4 Å². The molecule has 0 spiro atoms. The third kappa shape index (κ3) is 6.37. The van der Waals surface area contributed by atoms with Gasteiger partial charge in [-0.1, -0.05) is 11.6 Å². The molecule has 1 N–H and O–H groups in total. The molecule has 5 nitrogen and oxygen atoms in total. The van der Waals surface area contributed by atoms with Gasteiger partial charge in [0, 0.05) is 44.4 Å². The van der Waals surface area contributed by atoms with Crippen LogP contribution in [0, 0.1) is 0 Å². The van der Waals surface area contributed by atoms with E-state index in [-0.39, 0.29) is 23.8 Å². The minimum Gasteiger partial charge on any atom is -0.507 e. The highest BCUT2D eigenvalue weighted by Gasteiger charge is 2.27. The Morgan fingerprint density at radius 2 is 1.92 bits per heavy atom. The summed E-state index contributed by atoms with van der Waals surface area (Å²) in [7, 11) is 0. The summed E-state index contributed by atoms with van der Waals surface area (Å²) in [5.74, 6) is -0.396. The Balaban J connectivity index is 1.72. The molecule has 0 radical (unpaired) electrons. The maximum atomic E-state index is 12.4. The van der Waals surface area contributed by atoms with E-state index in [1.54, 1.807) is 4.90 Å². The molecular formula is C16H20ClF3N2O3. The van der Waals surface area contributed by atoms with E-state index in [9.17, 15) is 23.1 Å². The first kappa shape index (κ1) is 19.8. The molecule has 0 aliphatic carbocycles. The Morgan fingerprint density at radius 3 is 2.56 bits per heavy atom. The van der Waals surface area contributed by atoms with E-state index in [2.05, 4.69) is 9.64 Å². The summed E-state index contributed by atoms with van der Waals surface area (Å²) in [6.45, 7) is 1.64. The molecule has 25 heavy (non-hydrogen) atoms. The van der Waals surface area contributed by atoms with Crippen LogP contribution in [-0.2, 0) is 4.74 Å². The van der Waals surface area contributed by atoms with Gasteiger partial charge in [-0.15, -0.1) is 0 Å². The lowest BCUT2D eigenvalue weighted by atomic mass is 10.1. The first-order chi connectivity index (χ1) is 11.8. The number of phenolic OH excluding ortho intramolecular Hbond substituents is 1. The van der Waals surface area contributed by atoms with Gasteiger partial charge in [-0.2, -0.15) is 13.2 Å². The number of rotatable bonds is 6. The number of phenols is 1. The first-order valence-electron chi connectivity index (χ1n) is 7.91. The number of aromatic hydroxyl groups is 1. The summed E-state index contributed by atoms with van der Waals surface area (Å²) >= 11 is 5.86. The first-order valence-corrected chi connectivity index (χ1v) is 8.29. The van der Waals surface area contributed by atoms with Crippen molar-refractivity contribution in [3.05, 3.63) is 28.8 Å². The van der Waals surface area contributed by atoms with E-state index in [0.29, 0.717) is 44.2 Å². The molecule has 9 heteroatoms. The number of hydrogen-bond donors (Lipinski definition) is 1. The number of alkyl halides is 3. The van der Waals surface area contributed by atoms with Crippen molar-refractivity contribution in [2.24, 2.45) is 0 Å². The predicted molar refractivity (Wildman–Crippen MR) is 87.0 cm³/mol. The number of ether oxygens (including phenoxy) is 1. The highest BCUT2D eigenvalue weighted by Crippen LogP contribution is 2.23. The average Bonchev–Trinajstić information content (AvgIpc) is 2.56. The number of hydrogen-bond acceptors (Lipinski definition) is 4. The van der Waals surface area contributed by atoms with E-state index >= 15 is 0 Å². The standard InChI is InChI=1S/C16H20ClF3N2O3/c17-12-2-3-14(23)13(10-12)15(24)22-7-5-21(6-8-22)4-1-9-25-11-16(18,19)20/h2-3,10,23H,1,4-9,11H2. The topological polar surface area (TPSA) is 53.0 Å². The third-order valence-corrected chi connectivity index (χ3v) is 4.11. The van der Waals surface area contributed by atoms with Crippen LogP contribution >= 0.6 is 11.6 Å². The van der Waals surface area contributed by atoms with Gasteiger partial charge in [0.05, 0.1) is 5.56 Å². The highest BCUT2D eigenvalue weighted by molar-refractivity contribution is 6.31. The number of benzene rings is 1. The fraction of sp³-hybridized carbons (Fsp3) is 0.562. The van der Waals surface area contributed by atoms with Crippen molar-refractivity contribution in [3.8, 4) is 5.75 Å². The van der Waals surface area contributed by atoms with Crippen LogP contribution in [0.3, 0.4) is 0 Å². The minimum atomic E-state index is -4.29. The van der Waals surface area contributed by atoms with Crippen LogP contribution in [0.2, 0.25) is 5.02 Å². The molecule has 1 saturated heterocycles. The van der Waals surface area contributed by atoms with Crippen molar-refractivity contribution in [2.45, 2.75) is 12.6 Å². The van der Waals surface area contributed by atoms with Gasteiger partial charge in [-0.25, -0.2) is 0 Å². The predicted octanol–water partition coefficient (Wildman–Crippen LogP) is 2.77. The van der Waals surface area contributed by atoms with Gasteiger partial charge in [0.2, 0.25) is 0 Å². The molecule has 0 saturated carbocycles.